The third kappa shape index (κ3) is 2.93. The van der Waals surface area contributed by atoms with Crippen molar-refractivity contribution in [2.45, 2.75) is 33.6 Å². The van der Waals surface area contributed by atoms with E-state index in [1.165, 1.54) is 37.2 Å². The number of aryl methyl sites for hydroxylation is 1. The topological polar surface area (TPSA) is 29.3 Å². The van der Waals surface area contributed by atoms with E-state index < -0.39 is 0 Å². The highest BCUT2D eigenvalue weighted by Crippen LogP contribution is 2.29. The molecule has 1 aliphatic rings. The second kappa shape index (κ2) is 4.99. The molecular weight excluding hydrogens is 208 g/mol. The molecule has 17 heavy (non-hydrogen) atoms. The monoisotopic (exact) mass is 232 g/mol. The van der Waals surface area contributed by atoms with Crippen LogP contribution in [0.25, 0.3) is 0 Å². The molecule has 0 radical (unpaired) electrons. The number of benzene rings is 1. The van der Waals surface area contributed by atoms with Crippen molar-refractivity contribution in [3.63, 3.8) is 0 Å². The Hall–Kier alpha value is -1.18. The van der Waals surface area contributed by atoms with Crippen molar-refractivity contribution in [3.05, 3.63) is 23.8 Å². The van der Waals surface area contributed by atoms with Crippen molar-refractivity contribution in [3.8, 4) is 0 Å². The summed E-state index contributed by atoms with van der Waals surface area (Å²) in [5.41, 5.74) is 9.35. The highest BCUT2D eigenvalue weighted by molar-refractivity contribution is 5.58. The summed E-state index contributed by atoms with van der Waals surface area (Å²) in [7, 11) is 0. The quantitative estimate of drug-likeness (QED) is 0.791. The second-order valence-corrected chi connectivity index (χ2v) is 5.67. The first-order valence-corrected chi connectivity index (χ1v) is 6.68. The van der Waals surface area contributed by atoms with Crippen LogP contribution in [0.15, 0.2) is 18.2 Å². The van der Waals surface area contributed by atoms with E-state index in [-0.39, 0.29) is 0 Å². The Morgan fingerprint density at radius 1 is 1.18 bits per heavy atom. The van der Waals surface area contributed by atoms with E-state index in [9.17, 15) is 0 Å². The molecule has 2 heteroatoms. The number of piperidine rings is 1. The van der Waals surface area contributed by atoms with E-state index in [4.69, 9.17) is 5.73 Å². The SMILES string of the molecule is Cc1cc(N)cc(N2CCC(C(C)C)CC2)c1. The lowest BCUT2D eigenvalue weighted by molar-refractivity contribution is 0.311. The summed E-state index contributed by atoms with van der Waals surface area (Å²) in [6.45, 7) is 9.13. The predicted octanol–water partition coefficient (Wildman–Crippen LogP) is 3.45. The lowest BCUT2D eigenvalue weighted by Gasteiger charge is -2.35. The molecule has 2 N–H and O–H groups in total. The number of nitrogen functional groups attached to an aromatic ring is 1. The molecule has 2 rings (SSSR count). The van der Waals surface area contributed by atoms with Gasteiger partial charge in [-0.1, -0.05) is 13.8 Å². The van der Waals surface area contributed by atoms with E-state index in [0.717, 1.165) is 17.5 Å². The molecule has 1 saturated heterocycles. The molecule has 0 aliphatic carbocycles. The Morgan fingerprint density at radius 3 is 2.35 bits per heavy atom. The maximum atomic E-state index is 5.91. The van der Waals surface area contributed by atoms with E-state index >= 15 is 0 Å². The van der Waals surface area contributed by atoms with Gasteiger partial charge in [-0.15, -0.1) is 0 Å². The van der Waals surface area contributed by atoms with Crippen LogP contribution in [0.2, 0.25) is 0 Å². The van der Waals surface area contributed by atoms with E-state index in [2.05, 4.69) is 37.8 Å². The van der Waals surface area contributed by atoms with Crippen LogP contribution >= 0.6 is 0 Å². The largest absolute Gasteiger partial charge is 0.399 e. The van der Waals surface area contributed by atoms with Crippen LogP contribution in [0.4, 0.5) is 11.4 Å². The van der Waals surface area contributed by atoms with E-state index in [1.54, 1.807) is 0 Å². The Balaban J connectivity index is 2.05. The first-order valence-electron chi connectivity index (χ1n) is 6.68. The first kappa shape index (κ1) is 12.3. The fraction of sp³-hybridized carbons (Fsp3) is 0.600. The number of nitrogens with zero attached hydrogens (tertiary/aromatic N) is 1. The first-order chi connectivity index (χ1) is 8.06. The van der Waals surface area contributed by atoms with Gasteiger partial charge in [-0.25, -0.2) is 0 Å². The molecule has 0 atom stereocenters. The van der Waals surface area contributed by atoms with Crippen molar-refractivity contribution in [2.24, 2.45) is 11.8 Å². The standard InChI is InChI=1S/C15H24N2/c1-11(2)13-4-6-17(7-5-13)15-9-12(3)8-14(16)10-15/h8-11,13H,4-7,16H2,1-3H3. The normalized spacial score (nSPS) is 17.8. The number of anilines is 2. The minimum absolute atomic E-state index is 0.819. The summed E-state index contributed by atoms with van der Waals surface area (Å²) in [5.74, 6) is 1.72. The van der Waals surface area contributed by atoms with Gasteiger partial charge in [-0.2, -0.15) is 0 Å². The van der Waals surface area contributed by atoms with Crippen molar-refractivity contribution < 1.29 is 0 Å². The van der Waals surface area contributed by atoms with Crippen molar-refractivity contribution in [2.75, 3.05) is 23.7 Å². The minimum atomic E-state index is 0.819. The Morgan fingerprint density at radius 2 is 1.82 bits per heavy atom. The number of hydrogen-bond donors (Lipinski definition) is 1. The average molecular weight is 232 g/mol. The van der Waals surface area contributed by atoms with Crippen LogP contribution < -0.4 is 10.6 Å². The maximum absolute atomic E-state index is 5.91. The third-order valence-corrected chi connectivity index (χ3v) is 3.93. The van der Waals surface area contributed by atoms with Gasteiger partial charge < -0.3 is 10.6 Å². The molecule has 1 aromatic carbocycles. The van der Waals surface area contributed by atoms with Gasteiger partial charge in [-0.3, -0.25) is 0 Å². The summed E-state index contributed by atoms with van der Waals surface area (Å²) in [6, 6.07) is 6.37. The molecule has 1 fully saturated rings. The van der Waals surface area contributed by atoms with Crippen LogP contribution in [0.1, 0.15) is 32.3 Å². The molecule has 0 bridgehead atoms. The second-order valence-electron chi connectivity index (χ2n) is 5.67. The lowest BCUT2D eigenvalue weighted by atomic mass is 9.86. The van der Waals surface area contributed by atoms with Gasteiger partial charge in [0.15, 0.2) is 0 Å². The molecule has 1 aromatic rings. The maximum Gasteiger partial charge on any atom is 0.0389 e. The van der Waals surface area contributed by atoms with Crippen LogP contribution in [0.5, 0.6) is 0 Å². The molecule has 0 aromatic heterocycles. The van der Waals surface area contributed by atoms with Crippen LogP contribution in [0.3, 0.4) is 0 Å². The van der Waals surface area contributed by atoms with Gasteiger partial charge in [0.25, 0.3) is 0 Å². The van der Waals surface area contributed by atoms with Crippen LogP contribution in [-0.2, 0) is 0 Å². The van der Waals surface area contributed by atoms with Gasteiger partial charge in [0, 0.05) is 24.5 Å². The van der Waals surface area contributed by atoms with E-state index in [1.807, 2.05) is 6.07 Å². The van der Waals surface area contributed by atoms with Gasteiger partial charge in [0.1, 0.15) is 0 Å². The Labute approximate surface area is 105 Å². The fourth-order valence-corrected chi connectivity index (χ4v) is 2.80. The molecule has 1 heterocycles. The number of hydrogen-bond acceptors (Lipinski definition) is 2. The summed E-state index contributed by atoms with van der Waals surface area (Å²) in [6.07, 6.45) is 2.62. The van der Waals surface area contributed by atoms with Crippen LogP contribution in [0, 0.1) is 18.8 Å². The Bertz CT molecular complexity index is 356. The fourth-order valence-electron chi connectivity index (χ4n) is 2.80. The molecular formula is C15H24N2. The van der Waals surface area contributed by atoms with Crippen LogP contribution in [-0.4, -0.2) is 13.1 Å². The zero-order valence-corrected chi connectivity index (χ0v) is 11.2. The van der Waals surface area contributed by atoms with Crippen molar-refractivity contribution in [1.82, 2.24) is 0 Å². The number of rotatable bonds is 2. The zero-order chi connectivity index (χ0) is 12.4. The van der Waals surface area contributed by atoms with Gasteiger partial charge in [-0.05, 0) is 55.4 Å². The smallest absolute Gasteiger partial charge is 0.0389 e. The molecule has 94 valence electrons. The number of nitrogens with two attached hydrogens (primary N) is 1. The molecule has 0 saturated carbocycles. The minimum Gasteiger partial charge on any atom is -0.399 e. The zero-order valence-electron chi connectivity index (χ0n) is 11.2. The molecule has 0 unspecified atom stereocenters. The highest BCUT2D eigenvalue weighted by Gasteiger charge is 2.21. The summed E-state index contributed by atoms with van der Waals surface area (Å²) >= 11 is 0. The van der Waals surface area contributed by atoms with E-state index in [0.29, 0.717) is 0 Å². The average Bonchev–Trinajstić information content (AvgIpc) is 2.28. The van der Waals surface area contributed by atoms with Gasteiger partial charge in [0.05, 0.1) is 0 Å². The van der Waals surface area contributed by atoms with Gasteiger partial charge in [0.2, 0.25) is 0 Å². The van der Waals surface area contributed by atoms with Crippen molar-refractivity contribution in [1.29, 1.82) is 0 Å². The molecule has 0 spiro atoms. The molecule has 2 nitrogen and oxygen atoms in total. The summed E-state index contributed by atoms with van der Waals surface area (Å²) in [4.78, 5) is 2.47. The van der Waals surface area contributed by atoms with Gasteiger partial charge >= 0.3 is 0 Å². The highest BCUT2D eigenvalue weighted by atomic mass is 15.1. The van der Waals surface area contributed by atoms with Crippen molar-refractivity contribution >= 4 is 11.4 Å². The lowest BCUT2D eigenvalue weighted by Crippen LogP contribution is -2.35. The molecule has 1 aliphatic heterocycles. The third-order valence-electron chi connectivity index (χ3n) is 3.93. The molecule has 0 amide bonds. The Kier molecular flexibility index (Phi) is 3.60. The summed E-state index contributed by atoms with van der Waals surface area (Å²) < 4.78 is 0. The summed E-state index contributed by atoms with van der Waals surface area (Å²) in [5, 5.41) is 0. The predicted molar refractivity (Wildman–Crippen MR) is 75.4 cm³/mol.